The highest BCUT2D eigenvalue weighted by Crippen LogP contribution is 2.08. The van der Waals surface area contributed by atoms with Crippen LogP contribution in [0.5, 0.6) is 0 Å². The first kappa shape index (κ1) is 11.4. The molecule has 0 fully saturated rings. The maximum atomic E-state index is 5.70. The van der Waals surface area contributed by atoms with E-state index in [2.05, 4.69) is 29.1 Å². The second-order valence-electron chi connectivity index (χ2n) is 3.66. The van der Waals surface area contributed by atoms with Crippen LogP contribution in [0, 0.1) is 5.92 Å². The molecule has 0 bridgehead atoms. The molecule has 0 radical (unpaired) electrons. The highest BCUT2D eigenvalue weighted by molar-refractivity contribution is 6.30. The van der Waals surface area contributed by atoms with Gasteiger partial charge < -0.3 is 5.32 Å². The van der Waals surface area contributed by atoms with Gasteiger partial charge in [0, 0.05) is 24.9 Å². The first-order valence-electron chi connectivity index (χ1n) is 4.77. The highest BCUT2D eigenvalue weighted by Gasteiger charge is 2.12. The van der Waals surface area contributed by atoms with Crippen molar-refractivity contribution in [3.63, 3.8) is 0 Å². The van der Waals surface area contributed by atoms with Crippen LogP contribution in [0.25, 0.3) is 0 Å². The van der Waals surface area contributed by atoms with Crippen LogP contribution in [-0.2, 0) is 6.42 Å². The van der Waals surface area contributed by atoms with Gasteiger partial charge in [0.15, 0.2) is 0 Å². The molecule has 1 N–H and O–H groups in total. The molecule has 1 atom stereocenters. The number of halogens is 1. The molecule has 0 aliphatic heterocycles. The maximum absolute atomic E-state index is 5.70. The highest BCUT2D eigenvalue weighted by atomic mass is 35.5. The van der Waals surface area contributed by atoms with Crippen molar-refractivity contribution in [2.75, 3.05) is 7.05 Å². The maximum Gasteiger partial charge on any atom is 0.129 e. The van der Waals surface area contributed by atoms with E-state index in [4.69, 9.17) is 11.6 Å². The molecule has 0 amide bonds. The zero-order chi connectivity index (χ0) is 10.6. The lowest BCUT2D eigenvalue weighted by Gasteiger charge is -2.18. The van der Waals surface area contributed by atoms with Crippen LogP contribution in [-0.4, -0.2) is 23.1 Å². The van der Waals surface area contributed by atoms with Crippen molar-refractivity contribution in [3.05, 3.63) is 23.2 Å². The van der Waals surface area contributed by atoms with E-state index in [1.165, 1.54) is 0 Å². The van der Waals surface area contributed by atoms with Gasteiger partial charge in [-0.25, -0.2) is 9.97 Å². The second kappa shape index (κ2) is 5.27. The Morgan fingerprint density at radius 2 is 1.93 bits per heavy atom. The molecule has 0 aliphatic rings. The van der Waals surface area contributed by atoms with Crippen LogP contribution < -0.4 is 5.32 Å². The molecule has 4 heteroatoms. The van der Waals surface area contributed by atoms with E-state index >= 15 is 0 Å². The average molecular weight is 214 g/mol. The fraction of sp³-hybridized carbons (Fsp3) is 0.600. The van der Waals surface area contributed by atoms with E-state index in [-0.39, 0.29) is 0 Å². The molecule has 78 valence electrons. The second-order valence-corrected chi connectivity index (χ2v) is 4.10. The molecular weight excluding hydrogens is 198 g/mol. The Balaban J connectivity index is 2.63. The van der Waals surface area contributed by atoms with Crippen molar-refractivity contribution in [1.82, 2.24) is 15.3 Å². The Morgan fingerprint density at radius 1 is 1.36 bits per heavy atom. The van der Waals surface area contributed by atoms with Gasteiger partial charge in [-0.15, -0.1) is 0 Å². The summed E-state index contributed by atoms with van der Waals surface area (Å²) in [6, 6.07) is 0.413. The normalized spacial score (nSPS) is 13.2. The summed E-state index contributed by atoms with van der Waals surface area (Å²) in [5.74, 6) is 1.40. The van der Waals surface area contributed by atoms with E-state index in [9.17, 15) is 0 Å². The number of likely N-dealkylation sites (N-methyl/N-ethyl adjacent to an activating group) is 1. The fourth-order valence-corrected chi connectivity index (χ4v) is 1.41. The fourth-order valence-electron chi connectivity index (χ4n) is 1.31. The van der Waals surface area contributed by atoms with E-state index in [0.29, 0.717) is 17.0 Å². The molecular formula is C10H16ClN3. The molecule has 3 nitrogen and oxygen atoms in total. The van der Waals surface area contributed by atoms with Crippen molar-refractivity contribution in [1.29, 1.82) is 0 Å². The molecule has 0 saturated heterocycles. The quantitative estimate of drug-likeness (QED) is 0.831. The van der Waals surface area contributed by atoms with Crippen LogP contribution in [0.15, 0.2) is 12.4 Å². The summed E-state index contributed by atoms with van der Waals surface area (Å²) in [4.78, 5) is 8.33. The molecule has 1 unspecified atom stereocenters. The van der Waals surface area contributed by atoms with Gasteiger partial charge >= 0.3 is 0 Å². The molecule has 0 spiro atoms. The van der Waals surface area contributed by atoms with Gasteiger partial charge in [0.25, 0.3) is 0 Å². The summed E-state index contributed by atoms with van der Waals surface area (Å²) in [5.41, 5.74) is 0. The average Bonchev–Trinajstić information content (AvgIpc) is 2.16. The van der Waals surface area contributed by atoms with Gasteiger partial charge in [0.05, 0.1) is 5.02 Å². The van der Waals surface area contributed by atoms with Crippen molar-refractivity contribution < 1.29 is 0 Å². The Kier molecular flexibility index (Phi) is 4.29. The summed E-state index contributed by atoms with van der Waals surface area (Å²) < 4.78 is 0. The zero-order valence-corrected chi connectivity index (χ0v) is 9.54. The molecule has 0 aliphatic carbocycles. The third-order valence-corrected chi connectivity index (χ3v) is 2.45. The van der Waals surface area contributed by atoms with E-state index in [1.807, 2.05) is 7.05 Å². The minimum absolute atomic E-state index is 0.413. The van der Waals surface area contributed by atoms with Gasteiger partial charge in [-0.05, 0) is 13.0 Å². The van der Waals surface area contributed by atoms with Gasteiger partial charge in [0.2, 0.25) is 0 Å². The topological polar surface area (TPSA) is 37.8 Å². The van der Waals surface area contributed by atoms with Crippen LogP contribution in [0.3, 0.4) is 0 Å². The Bertz CT molecular complexity index is 271. The molecule has 1 aromatic rings. The Morgan fingerprint density at radius 3 is 2.36 bits per heavy atom. The smallest absolute Gasteiger partial charge is 0.129 e. The number of rotatable bonds is 4. The first-order chi connectivity index (χ1) is 6.63. The van der Waals surface area contributed by atoms with E-state index in [1.54, 1.807) is 12.4 Å². The van der Waals surface area contributed by atoms with Crippen LogP contribution in [0.4, 0.5) is 0 Å². The standard InChI is InChI=1S/C10H16ClN3/c1-7(2)9(12-3)4-10-13-5-8(11)6-14-10/h5-7,9,12H,4H2,1-3H3. The summed E-state index contributed by atoms with van der Waals surface area (Å²) in [6.07, 6.45) is 4.11. The lowest BCUT2D eigenvalue weighted by atomic mass is 10.0. The zero-order valence-electron chi connectivity index (χ0n) is 8.79. The SMILES string of the molecule is CNC(Cc1ncc(Cl)cn1)C(C)C. The van der Waals surface area contributed by atoms with Crippen molar-refractivity contribution in [2.24, 2.45) is 5.92 Å². The predicted molar refractivity (Wildman–Crippen MR) is 58.4 cm³/mol. The summed E-state index contributed by atoms with van der Waals surface area (Å²) in [6.45, 7) is 4.36. The van der Waals surface area contributed by atoms with Crippen molar-refractivity contribution in [3.8, 4) is 0 Å². The van der Waals surface area contributed by atoms with Crippen LogP contribution in [0.1, 0.15) is 19.7 Å². The van der Waals surface area contributed by atoms with Crippen LogP contribution >= 0.6 is 11.6 Å². The van der Waals surface area contributed by atoms with Crippen molar-refractivity contribution >= 4 is 11.6 Å². The van der Waals surface area contributed by atoms with Crippen molar-refractivity contribution in [2.45, 2.75) is 26.3 Å². The first-order valence-corrected chi connectivity index (χ1v) is 5.15. The van der Waals surface area contributed by atoms with E-state index in [0.717, 1.165) is 12.2 Å². The van der Waals surface area contributed by atoms with Gasteiger partial charge in [-0.3, -0.25) is 0 Å². The lowest BCUT2D eigenvalue weighted by molar-refractivity contribution is 0.417. The lowest BCUT2D eigenvalue weighted by Crippen LogP contribution is -2.33. The number of hydrogen-bond donors (Lipinski definition) is 1. The van der Waals surface area contributed by atoms with Gasteiger partial charge in [0.1, 0.15) is 5.82 Å². The number of hydrogen-bond acceptors (Lipinski definition) is 3. The Labute approximate surface area is 89.9 Å². The third-order valence-electron chi connectivity index (χ3n) is 2.25. The minimum atomic E-state index is 0.413. The summed E-state index contributed by atoms with van der Waals surface area (Å²) in [5, 5.41) is 3.83. The van der Waals surface area contributed by atoms with Gasteiger partial charge in [-0.2, -0.15) is 0 Å². The van der Waals surface area contributed by atoms with E-state index < -0.39 is 0 Å². The monoisotopic (exact) mass is 213 g/mol. The number of nitrogens with one attached hydrogen (secondary N) is 1. The Hall–Kier alpha value is -0.670. The minimum Gasteiger partial charge on any atom is -0.316 e. The number of aromatic nitrogens is 2. The van der Waals surface area contributed by atoms with Crippen LogP contribution in [0.2, 0.25) is 5.02 Å². The largest absolute Gasteiger partial charge is 0.316 e. The summed E-state index contributed by atoms with van der Waals surface area (Å²) >= 11 is 5.70. The molecule has 1 aromatic heterocycles. The van der Waals surface area contributed by atoms with Gasteiger partial charge in [-0.1, -0.05) is 25.4 Å². The number of nitrogens with zero attached hydrogens (tertiary/aromatic N) is 2. The molecule has 1 rings (SSSR count). The molecule has 0 aromatic carbocycles. The molecule has 0 saturated carbocycles. The molecule has 1 heterocycles. The summed E-state index contributed by atoms with van der Waals surface area (Å²) in [7, 11) is 1.96. The molecule has 14 heavy (non-hydrogen) atoms. The third kappa shape index (κ3) is 3.24. The predicted octanol–water partition coefficient (Wildman–Crippen LogP) is 1.92.